The lowest BCUT2D eigenvalue weighted by atomic mass is 9.76. The van der Waals surface area contributed by atoms with E-state index >= 15 is 0 Å². The molecule has 4 rings (SSSR count). The van der Waals surface area contributed by atoms with Gasteiger partial charge in [-0.25, -0.2) is 0 Å². The van der Waals surface area contributed by atoms with E-state index in [9.17, 15) is 9.59 Å². The first-order valence-corrected chi connectivity index (χ1v) is 11.1. The molecule has 1 aliphatic heterocycles. The molecule has 1 saturated heterocycles. The van der Waals surface area contributed by atoms with E-state index in [1.807, 2.05) is 54.6 Å². The molecule has 6 nitrogen and oxygen atoms in total. The number of β-lactam (4-membered cyclic amide) rings is 1. The van der Waals surface area contributed by atoms with Gasteiger partial charge in [-0.1, -0.05) is 91.0 Å². The molecule has 0 spiro atoms. The van der Waals surface area contributed by atoms with Crippen LogP contribution in [-0.4, -0.2) is 37.9 Å². The van der Waals surface area contributed by atoms with Crippen molar-refractivity contribution in [2.75, 3.05) is 13.7 Å². The fourth-order valence-corrected chi connectivity index (χ4v) is 4.21. The molecule has 0 aromatic heterocycles. The molecule has 6 heteroatoms. The van der Waals surface area contributed by atoms with Crippen LogP contribution in [0.25, 0.3) is 0 Å². The van der Waals surface area contributed by atoms with Crippen molar-refractivity contribution in [3.63, 3.8) is 0 Å². The van der Waals surface area contributed by atoms with E-state index in [-0.39, 0.29) is 18.3 Å². The van der Waals surface area contributed by atoms with Gasteiger partial charge in [0.1, 0.15) is 6.04 Å². The summed E-state index contributed by atoms with van der Waals surface area (Å²) < 4.78 is 10.6. The van der Waals surface area contributed by atoms with E-state index in [0.29, 0.717) is 13.0 Å². The van der Waals surface area contributed by atoms with Crippen molar-refractivity contribution in [3.8, 4) is 0 Å². The summed E-state index contributed by atoms with van der Waals surface area (Å²) in [6.07, 6.45) is 0.301. The maximum Gasteiger partial charge on any atom is 0.305 e. The number of ether oxygens (including phenoxy) is 2. The van der Waals surface area contributed by atoms with Gasteiger partial charge >= 0.3 is 5.97 Å². The van der Waals surface area contributed by atoms with Crippen LogP contribution in [0.3, 0.4) is 0 Å². The number of hydrogen-bond acceptors (Lipinski definition) is 5. The Balaban J connectivity index is 1.67. The number of esters is 1. The summed E-state index contributed by atoms with van der Waals surface area (Å²) in [7, 11) is 1.37. The Hall–Kier alpha value is -3.48. The second-order valence-corrected chi connectivity index (χ2v) is 7.95. The van der Waals surface area contributed by atoms with Gasteiger partial charge < -0.3 is 14.8 Å². The molecule has 1 fully saturated rings. The highest BCUT2D eigenvalue weighted by Crippen LogP contribution is 2.38. The van der Waals surface area contributed by atoms with Crippen LogP contribution >= 0.6 is 0 Å². The van der Waals surface area contributed by atoms with Gasteiger partial charge in [-0.2, -0.15) is 0 Å². The average Bonchev–Trinajstić information content (AvgIpc) is 2.88. The normalized spacial score (nSPS) is 17.7. The second-order valence-electron chi connectivity index (χ2n) is 7.95. The summed E-state index contributed by atoms with van der Waals surface area (Å²) in [5.74, 6) is -0.401. The molecule has 1 amide bonds. The summed E-state index contributed by atoms with van der Waals surface area (Å²) in [5.41, 5.74) is 2.30. The summed E-state index contributed by atoms with van der Waals surface area (Å²) in [5, 5.41) is 6.48. The topological polar surface area (TPSA) is 76.7 Å². The van der Waals surface area contributed by atoms with Gasteiger partial charge in [0, 0.05) is 13.0 Å². The number of rotatable bonds is 10. The van der Waals surface area contributed by atoms with Crippen LogP contribution in [0, 0.1) is 0 Å². The van der Waals surface area contributed by atoms with Crippen molar-refractivity contribution < 1.29 is 19.1 Å². The molecule has 33 heavy (non-hydrogen) atoms. The lowest BCUT2D eigenvalue weighted by molar-refractivity contribution is -0.149. The highest BCUT2D eigenvalue weighted by atomic mass is 16.5. The summed E-state index contributed by atoms with van der Waals surface area (Å²) in [4.78, 5) is 24.0. The van der Waals surface area contributed by atoms with E-state index < -0.39 is 17.8 Å². The van der Waals surface area contributed by atoms with Crippen molar-refractivity contribution in [2.24, 2.45) is 0 Å². The minimum Gasteiger partial charge on any atom is -0.469 e. The molecule has 3 aromatic carbocycles. The molecule has 3 aromatic rings. The number of methoxy groups -OCH3 is 1. The SMILES string of the molecule is COC(=O)CCCO[C@@H]1NC(=O)[C@H]1NC(c1ccccc1)(c1ccccc1)c1ccccc1. The van der Waals surface area contributed by atoms with Crippen LogP contribution in [0.4, 0.5) is 0 Å². The quantitative estimate of drug-likeness (QED) is 0.217. The smallest absolute Gasteiger partial charge is 0.305 e. The Kier molecular flexibility index (Phi) is 7.17. The minimum absolute atomic E-state index is 0.125. The molecular formula is C27H28N2O4. The fraction of sp³-hybridized carbons (Fsp3) is 0.259. The van der Waals surface area contributed by atoms with Gasteiger partial charge in [-0.3, -0.25) is 14.9 Å². The Morgan fingerprint density at radius 3 is 1.79 bits per heavy atom. The highest BCUT2D eigenvalue weighted by molar-refractivity contribution is 5.89. The van der Waals surface area contributed by atoms with Gasteiger partial charge in [0.2, 0.25) is 5.91 Å². The van der Waals surface area contributed by atoms with E-state index in [1.54, 1.807) is 0 Å². The summed E-state index contributed by atoms with van der Waals surface area (Å²) >= 11 is 0. The first-order valence-electron chi connectivity index (χ1n) is 11.1. The summed E-state index contributed by atoms with van der Waals surface area (Å²) in [6, 6.07) is 29.8. The van der Waals surface area contributed by atoms with Crippen LogP contribution in [0.15, 0.2) is 91.0 Å². The van der Waals surface area contributed by atoms with Crippen molar-refractivity contribution in [2.45, 2.75) is 30.7 Å². The molecule has 0 unspecified atom stereocenters. The molecule has 0 saturated carbocycles. The lowest BCUT2D eigenvalue weighted by Crippen LogP contribution is -2.72. The van der Waals surface area contributed by atoms with Gasteiger partial charge in [0.25, 0.3) is 0 Å². The Morgan fingerprint density at radius 1 is 0.879 bits per heavy atom. The number of carbonyl (C=O) groups is 2. The zero-order valence-electron chi connectivity index (χ0n) is 18.6. The largest absolute Gasteiger partial charge is 0.469 e. The number of carbonyl (C=O) groups excluding carboxylic acids is 2. The zero-order chi connectivity index (χ0) is 23.1. The summed E-state index contributed by atoms with van der Waals surface area (Å²) in [6.45, 7) is 0.341. The third kappa shape index (κ3) is 4.82. The zero-order valence-corrected chi connectivity index (χ0v) is 18.6. The highest BCUT2D eigenvalue weighted by Gasteiger charge is 2.47. The number of amides is 1. The number of hydrogen-bond donors (Lipinski definition) is 2. The number of nitrogens with one attached hydrogen (secondary N) is 2. The van der Waals surface area contributed by atoms with E-state index in [2.05, 4.69) is 51.8 Å². The molecule has 0 bridgehead atoms. The molecule has 1 heterocycles. The maximum atomic E-state index is 12.7. The predicted molar refractivity (Wildman–Crippen MR) is 125 cm³/mol. The average molecular weight is 445 g/mol. The fourth-order valence-electron chi connectivity index (χ4n) is 4.21. The van der Waals surface area contributed by atoms with Crippen LogP contribution in [0.5, 0.6) is 0 Å². The standard InChI is InChI=1S/C27H28N2O4/c1-32-23(30)18-11-19-33-26-24(25(31)28-26)29-27(20-12-5-2-6-13-20,21-14-7-3-8-15-21)22-16-9-4-10-17-22/h2-10,12-17,24,26,29H,11,18-19H2,1H3,(H,28,31)/t24-,26+/m1/s1. The van der Waals surface area contributed by atoms with E-state index in [0.717, 1.165) is 16.7 Å². The lowest BCUT2D eigenvalue weighted by Gasteiger charge is -2.45. The molecule has 2 atom stereocenters. The van der Waals surface area contributed by atoms with Gasteiger partial charge in [-0.15, -0.1) is 0 Å². The molecule has 2 N–H and O–H groups in total. The van der Waals surface area contributed by atoms with Crippen LogP contribution < -0.4 is 10.6 Å². The van der Waals surface area contributed by atoms with Crippen molar-refractivity contribution in [3.05, 3.63) is 108 Å². The van der Waals surface area contributed by atoms with Crippen molar-refractivity contribution in [1.29, 1.82) is 0 Å². The molecule has 0 aliphatic carbocycles. The van der Waals surface area contributed by atoms with Crippen LogP contribution in [0.1, 0.15) is 29.5 Å². The molecular weight excluding hydrogens is 416 g/mol. The Bertz CT molecular complexity index is 961. The molecule has 170 valence electrons. The second kappa shape index (κ2) is 10.4. The van der Waals surface area contributed by atoms with Gasteiger partial charge in [0.15, 0.2) is 6.23 Å². The first-order chi connectivity index (χ1) is 16.1. The molecule has 1 aliphatic rings. The maximum absolute atomic E-state index is 12.7. The van der Waals surface area contributed by atoms with Gasteiger partial charge in [-0.05, 0) is 23.1 Å². The van der Waals surface area contributed by atoms with Crippen LogP contribution in [-0.2, 0) is 24.6 Å². The van der Waals surface area contributed by atoms with E-state index in [1.165, 1.54) is 7.11 Å². The van der Waals surface area contributed by atoms with E-state index in [4.69, 9.17) is 4.74 Å². The first kappa shape index (κ1) is 22.7. The molecule has 0 radical (unpaired) electrons. The third-order valence-electron chi connectivity index (χ3n) is 5.91. The van der Waals surface area contributed by atoms with Crippen molar-refractivity contribution >= 4 is 11.9 Å². The number of benzene rings is 3. The predicted octanol–water partition coefficient (Wildman–Crippen LogP) is 3.36. The monoisotopic (exact) mass is 444 g/mol. The van der Waals surface area contributed by atoms with Crippen molar-refractivity contribution in [1.82, 2.24) is 10.6 Å². The minimum atomic E-state index is -0.764. The Morgan fingerprint density at radius 2 is 1.36 bits per heavy atom. The Labute approximate surface area is 193 Å². The third-order valence-corrected chi connectivity index (χ3v) is 5.91. The van der Waals surface area contributed by atoms with Gasteiger partial charge in [0.05, 0.1) is 12.6 Å². The van der Waals surface area contributed by atoms with Crippen LogP contribution in [0.2, 0.25) is 0 Å².